The molecular formula is C14H19ClFNO2S. The van der Waals surface area contributed by atoms with E-state index in [1.54, 1.807) is 0 Å². The van der Waals surface area contributed by atoms with Crippen molar-refractivity contribution in [3.63, 3.8) is 0 Å². The van der Waals surface area contributed by atoms with Crippen LogP contribution in [0.2, 0.25) is 0 Å². The quantitative estimate of drug-likeness (QED) is 0.847. The van der Waals surface area contributed by atoms with Gasteiger partial charge in [0.05, 0.1) is 4.90 Å². The molecule has 0 bridgehead atoms. The summed E-state index contributed by atoms with van der Waals surface area (Å²) in [6.07, 6.45) is 4.31. The van der Waals surface area contributed by atoms with Crippen LogP contribution in [0, 0.1) is 17.7 Å². The molecule has 20 heavy (non-hydrogen) atoms. The number of sulfonamides is 1. The van der Waals surface area contributed by atoms with Crippen LogP contribution in [0.1, 0.15) is 25.7 Å². The molecule has 1 N–H and O–H groups in total. The molecule has 0 amide bonds. The summed E-state index contributed by atoms with van der Waals surface area (Å²) in [5, 5.41) is 0. The summed E-state index contributed by atoms with van der Waals surface area (Å²) in [4.78, 5) is -0.0317. The molecule has 0 aromatic heterocycles. The molecule has 1 aliphatic rings. The fraction of sp³-hybridized carbons (Fsp3) is 0.571. The number of alkyl halides is 1. The Morgan fingerprint density at radius 1 is 1.25 bits per heavy atom. The van der Waals surface area contributed by atoms with E-state index in [-0.39, 0.29) is 10.8 Å². The van der Waals surface area contributed by atoms with Crippen LogP contribution >= 0.6 is 11.6 Å². The zero-order chi connectivity index (χ0) is 14.6. The summed E-state index contributed by atoms with van der Waals surface area (Å²) in [7, 11) is -3.65. The standard InChI is InChI=1S/C14H19ClFNO2S/c15-9-11-4-1-2-5-12(11)10-17-20(18,19)14-7-3-6-13(16)8-14/h3,6-8,11-12,17H,1-2,4-5,9-10H2. The van der Waals surface area contributed by atoms with Crippen LogP contribution in [0.25, 0.3) is 0 Å². The van der Waals surface area contributed by atoms with Gasteiger partial charge in [-0.05, 0) is 42.9 Å². The van der Waals surface area contributed by atoms with Crippen LogP contribution < -0.4 is 4.72 Å². The minimum absolute atomic E-state index is 0.0317. The molecule has 0 heterocycles. The highest BCUT2D eigenvalue weighted by Crippen LogP contribution is 2.30. The molecule has 0 saturated heterocycles. The van der Waals surface area contributed by atoms with Gasteiger partial charge >= 0.3 is 0 Å². The average molecular weight is 320 g/mol. The lowest BCUT2D eigenvalue weighted by Gasteiger charge is -2.30. The first kappa shape index (κ1) is 15.7. The first-order chi connectivity index (χ1) is 9.53. The lowest BCUT2D eigenvalue weighted by molar-refractivity contribution is 0.260. The molecule has 2 rings (SSSR count). The Morgan fingerprint density at radius 3 is 2.60 bits per heavy atom. The van der Waals surface area contributed by atoms with Crippen LogP contribution in [0.3, 0.4) is 0 Å². The van der Waals surface area contributed by atoms with Gasteiger partial charge in [0, 0.05) is 12.4 Å². The highest BCUT2D eigenvalue weighted by atomic mass is 35.5. The number of rotatable bonds is 5. The molecule has 1 aromatic rings. The SMILES string of the molecule is O=S(=O)(NCC1CCCCC1CCl)c1cccc(F)c1. The predicted molar refractivity (Wildman–Crippen MR) is 77.8 cm³/mol. The van der Waals surface area contributed by atoms with Gasteiger partial charge in [-0.2, -0.15) is 0 Å². The minimum Gasteiger partial charge on any atom is -0.211 e. The number of nitrogens with one attached hydrogen (secondary N) is 1. The summed E-state index contributed by atoms with van der Waals surface area (Å²) >= 11 is 5.94. The van der Waals surface area contributed by atoms with Crippen LogP contribution in [-0.2, 0) is 10.0 Å². The maximum Gasteiger partial charge on any atom is 0.240 e. The van der Waals surface area contributed by atoms with Gasteiger partial charge in [0.15, 0.2) is 0 Å². The summed E-state index contributed by atoms with van der Waals surface area (Å²) in [6, 6.07) is 5.04. The third-order valence-corrected chi connectivity index (χ3v) is 5.72. The summed E-state index contributed by atoms with van der Waals surface area (Å²) in [5.74, 6) is 0.640. The van der Waals surface area contributed by atoms with Gasteiger partial charge in [-0.15, -0.1) is 11.6 Å². The van der Waals surface area contributed by atoms with Crippen molar-refractivity contribution >= 4 is 21.6 Å². The van der Waals surface area contributed by atoms with E-state index in [1.165, 1.54) is 18.2 Å². The van der Waals surface area contributed by atoms with Crippen molar-refractivity contribution in [2.75, 3.05) is 12.4 Å². The largest absolute Gasteiger partial charge is 0.240 e. The van der Waals surface area contributed by atoms with E-state index >= 15 is 0 Å². The lowest BCUT2D eigenvalue weighted by atomic mass is 9.80. The van der Waals surface area contributed by atoms with Crippen LogP contribution in [0.4, 0.5) is 4.39 Å². The van der Waals surface area contributed by atoms with E-state index in [0.29, 0.717) is 18.3 Å². The first-order valence-electron chi connectivity index (χ1n) is 6.84. The van der Waals surface area contributed by atoms with E-state index in [0.717, 1.165) is 31.7 Å². The van der Waals surface area contributed by atoms with Crippen LogP contribution in [-0.4, -0.2) is 20.8 Å². The maximum absolute atomic E-state index is 13.1. The second-order valence-corrected chi connectivity index (χ2v) is 7.34. The van der Waals surface area contributed by atoms with Crippen molar-refractivity contribution in [3.8, 4) is 0 Å². The predicted octanol–water partition coefficient (Wildman–Crippen LogP) is 3.15. The van der Waals surface area contributed by atoms with E-state index in [9.17, 15) is 12.8 Å². The van der Waals surface area contributed by atoms with Crippen molar-refractivity contribution in [2.24, 2.45) is 11.8 Å². The van der Waals surface area contributed by atoms with E-state index in [4.69, 9.17) is 11.6 Å². The Balaban J connectivity index is 2.02. The van der Waals surface area contributed by atoms with Crippen molar-refractivity contribution in [1.29, 1.82) is 0 Å². The number of hydrogen-bond donors (Lipinski definition) is 1. The molecule has 0 radical (unpaired) electrons. The smallest absolute Gasteiger partial charge is 0.211 e. The zero-order valence-corrected chi connectivity index (χ0v) is 12.8. The first-order valence-corrected chi connectivity index (χ1v) is 8.86. The van der Waals surface area contributed by atoms with E-state index < -0.39 is 15.8 Å². The number of hydrogen-bond acceptors (Lipinski definition) is 2. The van der Waals surface area contributed by atoms with Gasteiger partial charge in [0.25, 0.3) is 0 Å². The second-order valence-electron chi connectivity index (χ2n) is 5.27. The molecule has 3 nitrogen and oxygen atoms in total. The van der Waals surface area contributed by atoms with Crippen molar-refractivity contribution in [1.82, 2.24) is 4.72 Å². The molecule has 2 atom stereocenters. The third-order valence-electron chi connectivity index (χ3n) is 3.91. The van der Waals surface area contributed by atoms with Crippen molar-refractivity contribution in [2.45, 2.75) is 30.6 Å². The van der Waals surface area contributed by atoms with Crippen molar-refractivity contribution < 1.29 is 12.8 Å². The van der Waals surface area contributed by atoms with Crippen LogP contribution in [0.15, 0.2) is 29.2 Å². The summed E-state index contributed by atoms with van der Waals surface area (Å²) in [6.45, 7) is 0.371. The molecule has 0 spiro atoms. The Labute approximate surface area is 124 Å². The monoisotopic (exact) mass is 319 g/mol. The molecule has 6 heteroatoms. The molecule has 1 fully saturated rings. The van der Waals surface area contributed by atoms with Crippen molar-refractivity contribution in [3.05, 3.63) is 30.1 Å². The van der Waals surface area contributed by atoms with E-state index in [1.807, 2.05) is 0 Å². The van der Waals surface area contributed by atoms with Gasteiger partial charge in [-0.25, -0.2) is 17.5 Å². The number of benzene rings is 1. The molecule has 0 aliphatic heterocycles. The molecule has 112 valence electrons. The number of halogens is 2. The highest BCUT2D eigenvalue weighted by molar-refractivity contribution is 7.89. The molecule has 1 aliphatic carbocycles. The van der Waals surface area contributed by atoms with Gasteiger partial charge < -0.3 is 0 Å². The fourth-order valence-electron chi connectivity index (χ4n) is 2.69. The molecular weight excluding hydrogens is 301 g/mol. The van der Waals surface area contributed by atoms with Gasteiger partial charge in [0.2, 0.25) is 10.0 Å². The topological polar surface area (TPSA) is 46.2 Å². The molecule has 1 aromatic carbocycles. The summed E-state index contributed by atoms with van der Waals surface area (Å²) in [5.41, 5.74) is 0. The lowest BCUT2D eigenvalue weighted by Crippen LogP contribution is -2.34. The average Bonchev–Trinajstić information content (AvgIpc) is 2.45. The Bertz CT molecular complexity index is 550. The molecule has 2 unspecified atom stereocenters. The normalized spacial score (nSPS) is 23.7. The Hall–Kier alpha value is -0.650. The van der Waals surface area contributed by atoms with Gasteiger partial charge in [0.1, 0.15) is 5.82 Å². The fourth-order valence-corrected chi connectivity index (χ4v) is 4.22. The zero-order valence-electron chi connectivity index (χ0n) is 11.2. The summed E-state index contributed by atoms with van der Waals surface area (Å²) < 4.78 is 39.9. The van der Waals surface area contributed by atoms with Crippen LogP contribution in [0.5, 0.6) is 0 Å². The molecule has 1 saturated carbocycles. The second kappa shape index (κ2) is 6.87. The van der Waals surface area contributed by atoms with Gasteiger partial charge in [-0.1, -0.05) is 18.9 Å². The van der Waals surface area contributed by atoms with E-state index in [2.05, 4.69) is 4.72 Å². The van der Waals surface area contributed by atoms with Gasteiger partial charge in [-0.3, -0.25) is 0 Å². The maximum atomic E-state index is 13.1. The third kappa shape index (κ3) is 3.93. The minimum atomic E-state index is -3.65. The Kier molecular flexibility index (Phi) is 5.41. The highest BCUT2D eigenvalue weighted by Gasteiger charge is 2.26. The Morgan fingerprint density at radius 2 is 1.95 bits per heavy atom.